The van der Waals surface area contributed by atoms with Crippen molar-refractivity contribution in [1.82, 2.24) is 10.3 Å². The van der Waals surface area contributed by atoms with Crippen LogP contribution in [0.4, 0.5) is 4.79 Å². The first kappa shape index (κ1) is 20.1. The van der Waals surface area contributed by atoms with Crippen LogP contribution in [-0.2, 0) is 16.0 Å². The number of cyclic esters (lactones) is 1. The summed E-state index contributed by atoms with van der Waals surface area (Å²) in [6, 6.07) is 12.1. The predicted octanol–water partition coefficient (Wildman–Crippen LogP) is 5.01. The molecule has 3 aromatic rings. The van der Waals surface area contributed by atoms with E-state index in [0.717, 1.165) is 26.8 Å². The molecule has 30 heavy (non-hydrogen) atoms. The van der Waals surface area contributed by atoms with Gasteiger partial charge in [-0.05, 0) is 44.2 Å². The lowest BCUT2D eigenvalue weighted by Crippen LogP contribution is -2.27. The molecular weight excluding hydrogens is 400 g/mol. The van der Waals surface area contributed by atoms with Gasteiger partial charge in [-0.3, -0.25) is 10.1 Å². The monoisotopic (exact) mass is 422 g/mol. The Morgan fingerprint density at radius 1 is 1.17 bits per heavy atom. The molecule has 1 N–H and O–H groups in total. The van der Waals surface area contributed by atoms with Crippen molar-refractivity contribution in [2.24, 2.45) is 0 Å². The number of nitrogens with one attached hydrogen (secondary N) is 1. The summed E-state index contributed by atoms with van der Waals surface area (Å²) in [5, 5.41) is 2.17. The SMILES string of the molecule is Cc1ccc(-c2nc(CC=Cc3ccc(C(C)C4OC(=O)NC4=O)s3)c(C)o2)cc1. The number of hydrogen-bond donors (Lipinski definition) is 1. The maximum atomic E-state index is 11.8. The summed E-state index contributed by atoms with van der Waals surface area (Å²) in [5.41, 5.74) is 3.07. The highest BCUT2D eigenvalue weighted by Crippen LogP contribution is 2.31. The smallest absolute Gasteiger partial charge is 0.414 e. The zero-order valence-corrected chi connectivity index (χ0v) is 17.8. The Labute approximate surface area is 178 Å². The summed E-state index contributed by atoms with van der Waals surface area (Å²) in [5.74, 6) is 0.861. The number of nitrogens with zero attached hydrogens (tertiary/aromatic N) is 1. The van der Waals surface area contributed by atoms with Crippen LogP contribution in [0.15, 0.2) is 46.9 Å². The number of carbonyl (C=O) groups excluding carboxylic acids is 2. The molecule has 0 saturated carbocycles. The van der Waals surface area contributed by atoms with Gasteiger partial charge in [0, 0.05) is 27.7 Å². The van der Waals surface area contributed by atoms with E-state index < -0.39 is 12.2 Å². The molecule has 2 aromatic heterocycles. The van der Waals surface area contributed by atoms with E-state index >= 15 is 0 Å². The average molecular weight is 423 g/mol. The first-order chi connectivity index (χ1) is 14.4. The minimum Gasteiger partial charge on any atom is -0.441 e. The number of amides is 2. The van der Waals surface area contributed by atoms with Gasteiger partial charge in [0.1, 0.15) is 5.76 Å². The van der Waals surface area contributed by atoms with Gasteiger partial charge in [0.2, 0.25) is 5.89 Å². The lowest BCUT2D eigenvalue weighted by atomic mass is 10.0. The van der Waals surface area contributed by atoms with Gasteiger partial charge in [0.05, 0.1) is 5.69 Å². The van der Waals surface area contributed by atoms with E-state index in [1.165, 1.54) is 5.56 Å². The number of carbonyl (C=O) groups is 2. The lowest BCUT2D eigenvalue weighted by molar-refractivity contribution is -0.124. The molecule has 1 aromatic carbocycles. The molecule has 2 amide bonds. The Kier molecular flexibility index (Phi) is 5.55. The third-order valence-electron chi connectivity index (χ3n) is 5.05. The number of oxazole rings is 1. The quantitative estimate of drug-likeness (QED) is 0.604. The van der Waals surface area contributed by atoms with Gasteiger partial charge >= 0.3 is 6.09 Å². The third-order valence-corrected chi connectivity index (χ3v) is 6.30. The van der Waals surface area contributed by atoms with Crippen LogP contribution >= 0.6 is 11.3 Å². The molecule has 1 aliphatic heterocycles. The van der Waals surface area contributed by atoms with Crippen molar-refractivity contribution in [3.8, 4) is 11.5 Å². The standard InChI is InChI=1S/C23H22N2O4S/c1-13-7-9-16(10-8-13)22-24-18(15(3)28-22)6-4-5-17-11-12-19(30-17)14(2)20-21(26)25-23(27)29-20/h4-5,7-12,14,20H,6H2,1-3H3,(H,25,26,27). The molecule has 0 aliphatic carbocycles. The van der Waals surface area contributed by atoms with Crippen molar-refractivity contribution < 1.29 is 18.7 Å². The summed E-state index contributed by atoms with van der Waals surface area (Å²) in [6.07, 6.45) is 3.28. The van der Waals surface area contributed by atoms with Gasteiger partial charge in [0.25, 0.3) is 5.91 Å². The highest BCUT2D eigenvalue weighted by molar-refractivity contribution is 7.13. The second kappa shape index (κ2) is 8.28. The topological polar surface area (TPSA) is 81.4 Å². The van der Waals surface area contributed by atoms with Gasteiger partial charge in [-0.15, -0.1) is 11.3 Å². The van der Waals surface area contributed by atoms with Crippen LogP contribution in [0.25, 0.3) is 17.5 Å². The van der Waals surface area contributed by atoms with Crippen molar-refractivity contribution >= 4 is 29.4 Å². The van der Waals surface area contributed by atoms with Crippen LogP contribution in [0.1, 0.15) is 39.6 Å². The molecule has 1 fully saturated rings. The van der Waals surface area contributed by atoms with E-state index in [4.69, 9.17) is 9.15 Å². The van der Waals surface area contributed by atoms with Gasteiger partial charge < -0.3 is 9.15 Å². The fourth-order valence-electron chi connectivity index (χ4n) is 3.27. The third kappa shape index (κ3) is 4.21. The molecular formula is C23H22N2O4S. The van der Waals surface area contributed by atoms with E-state index in [-0.39, 0.29) is 11.8 Å². The largest absolute Gasteiger partial charge is 0.441 e. The van der Waals surface area contributed by atoms with E-state index in [1.54, 1.807) is 11.3 Å². The van der Waals surface area contributed by atoms with E-state index in [1.807, 2.05) is 69.3 Å². The number of thiophene rings is 1. The second-order valence-corrected chi connectivity index (χ2v) is 8.49. The molecule has 0 bridgehead atoms. The fourth-order valence-corrected chi connectivity index (χ4v) is 4.29. The summed E-state index contributed by atoms with van der Waals surface area (Å²) in [4.78, 5) is 29.7. The summed E-state index contributed by atoms with van der Waals surface area (Å²) in [6.45, 7) is 5.85. The maximum Gasteiger partial charge on any atom is 0.414 e. The Hall–Kier alpha value is -3.19. The Morgan fingerprint density at radius 3 is 2.63 bits per heavy atom. The minimum atomic E-state index is -0.772. The van der Waals surface area contributed by atoms with Gasteiger partial charge in [-0.1, -0.05) is 30.7 Å². The minimum absolute atomic E-state index is 0.196. The van der Waals surface area contributed by atoms with Crippen LogP contribution in [0.5, 0.6) is 0 Å². The van der Waals surface area contributed by atoms with Crippen molar-refractivity contribution in [3.05, 3.63) is 69.2 Å². The number of hydrogen-bond acceptors (Lipinski definition) is 6. The molecule has 4 rings (SSSR count). The number of aryl methyl sites for hydroxylation is 2. The van der Waals surface area contributed by atoms with Crippen molar-refractivity contribution in [3.63, 3.8) is 0 Å². The van der Waals surface area contributed by atoms with E-state index in [2.05, 4.69) is 10.3 Å². The summed E-state index contributed by atoms with van der Waals surface area (Å²) in [7, 11) is 0. The number of alkyl carbamates (subject to hydrolysis) is 1. The number of benzene rings is 1. The number of imide groups is 1. The van der Waals surface area contributed by atoms with Crippen LogP contribution < -0.4 is 5.32 Å². The van der Waals surface area contributed by atoms with Crippen molar-refractivity contribution in [1.29, 1.82) is 0 Å². The Morgan fingerprint density at radius 2 is 1.93 bits per heavy atom. The molecule has 154 valence electrons. The van der Waals surface area contributed by atoms with Crippen LogP contribution in [0.3, 0.4) is 0 Å². The van der Waals surface area contributed by atoms with Gasteiger partial charge in [0.15, 0.2) is 6.10 Å². The molecule has 0 radical (unpaired) electrons. The predicted molar refractivity (Wildman–Crippen MR) is 115 cm³/mol. The first-order valence-electron chi connectivity index (χ1n) is 9.72. The van der Waals surface area contributed by atoms with E-state index in [9.17, 15) is 9.59 Å². The Balaban J connectivity index is 1.41. The van der Waals surface area contributed by atoms with Gasteiger partial charge in [-0.2, -0.15) is 0 Å². The highest BCUT2D eigenvalue weighted by Gasteiger charge is 2.37. The van der Waals surface area contributed by atoms with Crippen molar-refractivity contribution in [2.45, 2.75) is 39.2 Å². The summed E-state index contributed by atoms with van der Waals surface area (Å²) < 4.78 is 10.9. The molecule has 2 atom stereocenters. The highest BCUT2D eigenvalue weighted by atomic mass is 32.1. The zero-order valence-electron chi connectivity index (χ0n) is 17.0. The average Bonchev–Trinajstić information content (AvgIpc) is 3.41. The molecule has 1 aliphatic rings. The molecule has 2 unspecified atom stereocenters. The Bertz CT molecular complexity index is 1110. The molecule has 6 nitrogen and oxygen atoms in total. The summed E-state index contributed by atoms with van der Waals surface area (Å²) >= 11 is 1.57. The first-order valence-corrected chi connectivity index (χ1v) is 10.5. The van der Waals surface area contributed by atoms with E-state index in [0.29, 0.717) is 12.3 Å². The van der Waals surface area contributed by atoms with Crippen LogP contribution in [0.2, 0.25) is 0 Å². The van der Waals surface area contributed by atoms with Crippen LogP contribution in [-0.4, -0.2) is 23.1 Å². The fraction of sp³-hybridized carbons (Fsp3) is 0.261. The van der Waals surface area contributed by atoms with Crippen molar-refractivity contribution in [2.75, 3.05) is 0 Å². The normalized spacial score (nSPS) is 17.4. The number of rotatable bonds is 6. The lowest BCUT2D eigenvalue weighted by Gasteiger charge is -2.13. The van der Waals surface area contributed by atoms with Crippen LogP contribution in [0, 0.1) is 13.8 Å². The molecule has 7 heteroatoms. The van der Waals surface area contributed by atoms with Gasteiger partial charge in [-0.25, -0.2) is 9.78 Å². The molecule has 0 spiro atoms. The zero-order chi connectivity index (χ0) is 21.3. The maximum absolute atomic E-state index is 11.8. The molecule has 1 saturated heterocycles. The number of aromatic nitrogens is 1. The second-order valence-electron chi connectivity index (χ2n) is 7.34. The molecule has 3 heterocycles. The number of allylic oxidation sites excluding steroid dienone is 1. The number of ether oxygens (including phenoxy) is 1.